The van der Waals surface area contributed by atoms with Gasteiger partial charge in [-0.2, -0.15) is 0 Å². The molecular formula is C22H26N2O4. The number of likely N-dealkylation sites (tertiary alicyclic amines) is 1. The number of carbonyl (C=O) groups excluding carboxylic acids is 1. The van der Waals surface area contributed by atoms with Gasteiger partial charge in [-0.05, 0) is 29.8 Å². The predicted molar refractivity (Wildman–Crippen MR) is 106 cm³/mol. The Labute approximate surface area is 165 Å². The molecule has 1 amide bonds. The number of benzene rings is 2. The number of ether oxygens (including phenoxy) is 3. The van der Waals surface area contributed by atoms with E-state index in [-0.39, 0.29) is 12.0 Å². The number of nitrogens with zero attached hydrogens (tertiary/aromatic N) is 2. The Bertz CT molecular complexity index is 814. The van der Waals surface area contributed by atoms with Gasteiger partial charge >= 0.3 is 0 Å². The van der Waals surface area contributed by atoms with Crippen LogP contribution in [-0.4, -0.2) is 68.3 Å². The number of morpholine rings is 1. The molecule has 2 heterocycles. The molecule has 0 aliphatic carbocycles. The molecule has 6 heteroatoms. The molecular weight excluding hydrogens is 356 g/mol. The fourth-order valence-electron chi connectivity index (χ4n) is 3.62. The highest BCUT2D eigenvalue weighted by atomic mass is 16.5. The van der Waals surface area contributed by atoms with E-state index in [1.807, 2.05) is 41.3 Å². The molecule has 2 fully saturated rings. The Balaban J connectivity index is 1.34. The quantitative estimate of drug-likeness (QED) is 0.768. The first-order valence-corrected chi connectivity index (χ1v) is 9.71. The molecule has 148 valence electrons. The highest BCUT2D eigenvalue weighted by molar-refractivity contribution is 5.97. The molecule has 0 atom stereocenters. The summed E-state index contributed by atoms with van der Waals surface area (Å²) in [6.45, 7) is 5.00. The van der Waals surface area contributed by atoms with Crippen LogP contribution in [0, 0.1) is 0 Å². The van der Waals surface area contributed by atoms with Crippen LogP contribution in [0.2, 0.25) is 0 Å². The lowest BCUT2D eigenvalue weighted by Crippen LogP contribution is -2.53. The summed E-state index contributed by atoms with van der Waals surface area (Å²) in [5.41, 5.74) is 1.86. The molecule has 0 N–H and O–H groups in total. The van der Waals surface area contributed by atoms with E-state index in [9.17, 15) is 4.79 Å². The maximum absolute atomic E-state index is 12.8. The zero-order valence-corrected chi connectivity index (χ0v) is 16.2. The Morgan fingerprint density at radius 3 is 2.68 bits per heavy atom. The first kappa shape index (κ1) is 18.8. The normalized spacial score (nSPS) is 17.8. The summed E-state index contributed by atoms with van der Waals surface area (Å²) in [6, 6.07) is 15.7. The van der Waals surface area contributed by atoms with Gasteiger partial charge in [0.2, 0.25) is 0 Å². The van der Waals surface area contributed by atoms with E-state index in [0.29, 0.717) is 37.6 Å². The van der Waals surface area contributed by atoms with E-state index in [1.165, 1.54) is 5.56 Å². The number of methoxy groups -OCH3 is 1. The van der Waals surface area contributed by atoms with Gasteiger partial charge in [-0.1, -0.05) is 24.3 Å². The van der Waals surface area contributed by atoms with E-state index in [4.69, 9.17) is 14.2 Å². The summed E-state index contributed by atoms with van der Waals surface area (Å²) >= 11 is 0. The average molecular weight is 382 g/mol. The van der Waals surface area contributed by atoms with Gasteiger partial charge < -0.3 is 19.1 Å². The van der Waals surface area contributed by atoms with E-state index in [2.05, 4.69) is 17.0 Å². The summed E-state index contributed by atoms with van der Waals surface area (Å²) in [6.07, 6.45) is 0.101. The van der Waals surface area contributed by atoms with E-state index in [0.717, 1.165) is 25.4 Å². The molecule has 0 spiro atoms. The van der Waals surface area contributed by atoms with Crippen LogP contribution < -0.4 is 9.47 Å². The monoisotopic (exact) mass is 382 g/mol. The van der Waals surface area contributed by atoms with E-state index < -0.39 is 0 Å². The molecule has 0 radical (unpaired) electrons. The lowest BCUT2D eigenvalue weighted by molar-refractivity contribution is 0.0125. The largest absolute Gasteiger partial charge is 0.497 e. The summed E-state index contributed by atoms with van der Waals surface area (Å²) in [5.74, 6) is 1.57. The molecule has 2 aromatic rings. The van der Waals surface area contributed by atoms with Crippen molar-refractivity contribution in [1.82, 2.24) is 9.80 Å². The van der Waals surface area contributed by atoms with Gasteiger partial charge in [-0.15, -0.1) is 0 Å². The Morgan fingerprint density at radius 1 is 1.11 bits per heavy atom. The van der Waals surface area contributed by atoms with Crippen LogP contribution in [0.3, 0.4) is 0 Å². The predicted octanol–water partition coefficient (Wildman–Crippen LogP) is 2.43. The molecule has 2 aliphatic rings. The van der Waals surface area contributed by atoms with Crippen molar-refractivity contribution in [3.63, 3.8) is 0 Å². The summed E-state index contributed by atoms with van der Waals surface area (Å²) in [4.78, 5) is 17.0. The van der Waals surface area contributed by atoms with Gasteiger partial charge in [0.15, 0.2) is 0 Å². The van der Waals surface area contributed by atoms with Crippen LogP contribution in [0.25, 0.3) is 0 Å². The second-order valence-corrected chi connectivity index (χ2v) is 7.19. The Kier molecular flexibility index (Phi) is 5.78. The van der Waals surface area contributed by atoms with Crippen molar-refractivity contribution in [2.24, 2.45) is 0 Å². The van der Waals surface area contributed by atoms with Crippen LogP contribution in [-0.2, 0) is 11.3 Å². The van der Waals surface area contributed by atoms with Gasteiger partial charge in [-0.3, -0.25) is 9.69 Å². The second-order valence-electron chi connectivity index (χ2n) is 7.19. The van der Waals surface area contributed by atoms with Gasteiger partial charge in [0.05, 0.1) is 25.9 Å². The van der Waals surface area contributed by atoms with Gasteiger partial charge in [-0.25, -0.2) is 0 Å². The third-order valence-corrected chi connectivity index (χ3v) is 5.17. The van der Waals surface area contributed by atoms with Crippen LogP contribution >= 0.6 is 0 Å². The summed E-state index contributed by atoms with van der Waals surface area (Å²) in [5, 5.41) is 0. The molecule has 28 heavy (non-hydrogen) atoms. The molecule has 2 saturated heterocycles. The van der Waals surface area contributed by atoms with Gasteiger partial charge in [0, 0.05) is 32.7 Å². The first-order valence-electron chi connectivity index (χ1n) is 9.71. The number of amides is 1. The van der Waals surface area contributed by atoms with Crippen molar-refractivity contribution in [1.29, 1.82) is 0 Å². The minimum absolute atomic E-state index is 0.0199. The van der Waals surface area contributed by atoms with E-state index in [1.54, 1.807) is 7.11 Å². The number of hydrogen-bond acceptors (Lipinski definition) is 5. The zero-order chi connectivity index (χ0) is 19.3. The average Bonchev–Trinajstić information content (AvgIpc) is 2.73. The molecule has 0 bridgehead atoms. The molecule has 2 aromatic carbocycles. The lowest BCUT2D eigenvalue weighted by atomic mass is 10.1. The fraction of sp³-hybridized carbons (Fsp3) is 0.409. The van der Waals surface area contributed by atoms with Gasteiger partial charge in [0.1, 0.15) is 17.6 Å². The fourth-order valence-corrected chi connectivity index (χ4v) is 3.62. The van der Waals surface area contributed by atoms with Gasteiger partial charge in [0.25, 0.3) is 5.91 Å². The topological polar surface area (TPSA) is 51.2 Å². The molecule has 0 saturated carbocycles. The van der Waals surface area contributed by atoms with Crippen molar-refractivity contribution < 1.29 is 19.0 Å². The maximum Gasteiger partial charge on any atom is 0.257 e. The van der Waals surface area contributed by atoms with E-state index >= 15 is 0 Å². The molecule has 6 nitrogen and oxygen atoms in total. The summed E-state index contributed by atoms with van der Waals surface area (Å²) < 4.78 is 16.8. The first-order chi connectivity index (χ1) is 13.7. The van der Waals surface area contributed by atoms with Crippen molar-refractivity contribution in [3.8, 4) is 11.5 Å². The highest BCUT2D eigenvalue weighted by Gasteiger charge is 2.30. The third-order valence-electron chi connectivity index (χ3n) is 5.17. The van der Waals surface area contributed by atoms with Crippen molar-refractivity contribution >= 4 is 5.91 Å². The maximum atomic E-state index is 12.8. The second kappa shape index (κ2) is 8.63. The molecule has 4 rings (SSSR count). The minimum Gasteiger partial charge on any atom is -0.497 e. The van der Waals surface area contributed by atoms with Crippen molar-refractivity contribution in [3.05, 3.63) is 59.7 Å². The molecule has 0 unspecified atom stereocenters. The molecule has 0 aromatic heterocycles. The number of carbonyl (C=O) groups is 1. The highest BCUT2D eigenvalue weighted by Crippen LogP contribution is 2.25. The van der Waals surface area contributed by atoms with Crippen molar-refractivity contribution in [2.75, 3.05) is 46.5 Å². The van der Waals surface area contributed by atoms with Crippen LogP contribution in [0.15, 0.2) is 48.5 Å². The Morgan fingerprint density at radius 2 is 1.89 bits per heavy atom. The summed E-state index contributed by atoms with van der Waals surface area (Å²) in [7, 11) is 1.68. The molecule has 2 aliphatic heterocycles. The van der Waals surface area contributed by atoms with Crippen molar-refractivity contribution in [2.45, 2.75) is 12.6 Å². The van der Waals surface area contributed by atoms with Crippen LogP contribution in [0.1, 0.15) is 15.9 Å². The SMILES string of the molecule is COc1cccc(CN2CC(Oc3ccccc3C(=O)N3CCOCC3)C2)c1. The van der Waals surface area contributed by atoms with Crippen LogP contribution in [0.4, 0.5) is 0 Å². The number of para-hydroxylation sites is 1. The number of rotatable bonds is 6. The smallest absolute Gasteiger partial charge is 0.257 e. The number of hydrogen-bond donors (Lipinski definition) is 0. The Hall–Kier alpha value is -2.57. The lowest BCUT2D eigenvalue weighted by Gasteiger charge is -2.39. The third kappa shape index (κ3) is 4.29. The standard InChI is InChI=1S/C22H26N2O4/c1-26-18-6-4-5-17(13-18)14-23-15-19(16-23)28-21-8-3-2-7-20(21)22(25)24-9-11-27-12-10-24/h2-8,13,19H,9-12,14-16H2,1H3. The van der Waals surface area contributed by atoms with Crippen LogP contribution in [0.5, 0.6) is 11.5 Å². The zero-order valence-electron chi connectivity index (χ0n) is 16.2. The minimum atomic E-state index is 0.0199.